The third-order valence-electron chi connectivity index (χ3n) is 5.55. The lowest BCUT2D eigenvalue weighted by Gasteiger charge is -2.40. The minimum Gasteiger partial charge on any atom is -0.396 e. The van der Waals surface area contributed by atoms with E-state index in [1.807, 2.05) is 0 Å². The molecule has 0 spiro atoms. The Kier molecular flexibility index (Phi) is 7.33. The Hall–Kier alpha value is -2.04. The van der Waals surface area contributed by atoms with Gasteiger partial charge in [0, 0.05) is 38.1 Å². The summed E-state index contributed by atoms with van der Waals surface area (Å²) in [6.45, 7) is 0.471. The van der Waals surface area contributed by atoms with E-state index in [1.54, 1.807) is 7.11 Å². The van der Waals surface area contributed by atoms with Gasteiger partial charge in [0.25, 0.3) is 5.91 Å². The highest BCUT2D eigenvalue weighted by atomic mass is 35.5. The number of benzene rings is 2. The first-order valence-corrected chi connectivity index (χ1v) is 11.6. The van der Waals surface area contributed by atoms with Gasteiger partial charge in [-0.15, -0.1) is 0 Å². The summed E-state index contributed by atoms with van der Waals surface area (Å²) in [5.41, 5.74) is -0.0932. The summed E-state index contributed by atoms with van der Waals surface area (Å²) < 4.78 is 46.4. The molecule has 3 rings (SSSR count). The van der Waals surface area contributed by atoms with Crippen molar-refractivity contribution >= 4 is 33.2 Å². The van der Waals surface area contributed by atoms with Gasteiger partial charge in [-0.25, -0.2) is 12.8 Å². The van der Waals surface area contributed by atoms with Crippen molar-refractivity contribution in [3.05, 3.63) is 58.9 Å². The van der Waals surface area contributed by atoms with Crippen LogP contribution in [-0.2, 0) is 14.8 Å². The molecule has 1 amide bonds. The van der Waals surface area contributed by atoms with Crippen LogP contribution in [0.2, 0.25) is 5.02 Å². The van der Waals surface area contributed by atoms with Crippen LogP contribution in [0.5, 0.6) is 0 Å². The number of nitrogens with zero attached hydrogens (tertiary/aromatic N) is 1. The average Bonchev–Trinajstić information content (AvgIpc) is 2.77. The van der Waals surface area contributed by atoms with Crippen molar-refractivity contribution in [2.45, 2.75) is 29.8 Å². The maximum Gasteiger partial charge on any atom is 0.255 e. The summed E-state index contributed by atoms with van der Waals surface area (Å²) in [5.74, 6) is -1.15. The molecule has 0 aliphatic carbocycles. The van der Waals surface area contributed by atoms with Crippen LogP contribution in [0.15, 0.2) is 47.4 Å². The van der Waals surface area contributed by atoms with Crippen LogP contribution in [-0.4, -0.2) is 56.1 Å². The van der Waals surface area contributed by atoms with Crippen LogP contribution < -0.4 is 5.32 Å². The number of piperidine rings is 1. The molecule has 2 aromatic carbocycles. The van der Waals surface area contributed by atoms with Crippen LogP contribution in [0, 0.1) is 5.82 Å². The molecule has 0 radical (unpaired) electrons. The van der Waals surface area contributed by atoms with Crippen molar-refractivity contribution in [2.75, 3.05) is 32.1 Å². The van der Waals surface area contributed by atoms with Gasteiger partial charge in [-0.2, -0.15) is 4.31 Å². The molecule has 2 aromatic rings. The number of carbonyl (C=O) groups is 1. The van der Waals surface area contributed by atoms with Crippen molar-refractivity contribution in [2.24, 2.45) is 0 Å². The molecule has 0 saturated carbocycles. The monoisotopic (exact) mass is 470 g/mol. The van der Waals surface area contributed by atoms with E-state index < -0.39 is 27.3 Å². The maximum atomic E-state index is 13.3. The molecule has 1 fully saturated rings. The van der Waals surface area contributed by atoms with E-state index in [9.17, 15) is 22.7 Å². The predicted octanol–water partition coefficient (Wildman–Crippen LogP) is 3.28. The zero-order valence-electron chi connectivity index (χ0n) is 17.0. The molecular formula is C21H24ClFN2O5S. The SMILES string of the molecule is COC1(CCO)CCN(S(=O)(=O)c2cccc(C(=O)Nc3ccc(F)c(Cl)c3)c2)CC1. The quantitative estimate of drug-likeness (QED) is 0.647. The number of anilines is 1. The number of aliphatic hydroxyl groups is 1. The number of sulfonamides is 1. The van der Waals surface area contributed by atoms with Gasteiger partial charge < -0.3 is 15.2 Å². The van der Waals surface area contributed by atoms with Crippen LogP contribution in [0.3, 0.4) is 0 Å². The molecule has 1 saturated heterocycles. The third kappa shape index (κ3) is 5.24. The first kappa shape index (κ1) is 23.6. The highest BCUT2D eigenvalue weighted by Crippen LogP contribution is 2.32. The van der Waals surface area contributed by atoms with Crippen LogP contribution in [0.4, 0.5) is 10.1 Å². The molecule has 10 heteroatoms. The van der Waals surface area contributed by atoms with Crippen molar-refractivity contribution < 1.29 is 27.4 Å². The van der Waals surface area contributed by atoms with Gasteiger partial charge in [-0.05, 0) is 55.7 Å². The van der Waals surface area contributed by atoms with E-state index in [0.717, 1.165) is 6.07 Å². The fraction of sp³-hybridized carbons (Fsp3) is 0.381. The van der Waals surface area contributed by atoms with E-state index in [4.69, 9.17) is 16.3 Å². The van der Waals surface area contributed by atoms with E-state index >= 15 is 0 Å². The smallest absolute Gasteiger partial charge is 0.255 e. The fourth-order valence-corrected chi connectivity index (χ4v) is 5.29. The number of methoxy groups -OCH3 is 1. The number of rotatable bonds is 7. The molecule has 1 aliphatic rings. The molecule has 0 aromatic heterocycles. The van der Waals surface area contributed by atoms with Crippen LogP contribution in [0.1, 0.15) is 29.6 Å². The van der Waals surface area contributed by atoms with Gasteiger partial charge in [0.15, 0.2) is 0 Å². The van der Waals surface area contributed by atoms with E-state index in [1.165, 1.54) is 40.7 Å². The van der Waals surface area contributed by atoms with E-state index in [0.29, 0.717) is 24.9 Å². The largest absolute Gasteiger partial charge is 0.396 e. The number of hydrogen-bond donors (Lipinski definition) is 2. The molecule has 7 nitrogen and oxygen atoms in total. The second-order valence-electron chi connectivity index (χ2n) is 7.38. The first-order valence-electron chi connectivity index (χ1n) is 9.73. The number of amides is 1. The minimum atomic E-state index is -3.81. The Morgan fingerprint density at radius 1 is 1.26 bits per heavy atom. The highest BCUT2D eigenvalue weighted by Gasteiger charge is 2.38. The van der Waals surface area contributed by atoms with E-state index in [-0.39, 0.29) is 35.2 Å². The molecule has 31 heavy (non-hydrogen) atoms. The summed E-state index contributed by atoms with van der Waals surface area (Å²) >= 11 is 5.73. The molecule has 1 heterocycles. The van der Waals surface area contributed by atoms with Crippen molar-refractivity contribution in [3.8, 4) is 0 Å². The number of halogens is 2. The lowest BCUT2D eigenvalue weighted by atomic mass is 9.89. The average molecular weight is 471 g/mol. The molecule has 0 bridgehead atoms. The van der Waals surface area contributed by atoms with E-state index in [2.05, 4.69) is 5.32 Å². The first-order chi connectivity index (χ1) is 14.7. The Labute approximate surface area is 185 Å². The zero-order valence-corrected chi connectivity index (χ0v) is 18.5. The summed E-state index contributed by atoms with van der Waals surface area (Å²) in [4.78, 5) is 12.6. The van der Waals surface area contributed by atoms with Gasteiger partial charge >= 0.3 is 0 Å². The normalized spacial score (nSPS) is 16.8. The molecule has 2 N–H and O–H groups in total. The van der Waals surface area contributed by atoms with Gasteiger partial charge in [0.1, 0.15) is 5.82 Å². The molecular weight excluding hydrogens is 447 g/mol. The lowest BCUT2D eigenvalue weighted by molar-refractivity contribution is -0.0598. The number of carbonyl (C=O) groups excluding carboxylic acids is 1. The van der Waals surface area contributed by atoms with Crippen molar-refractivity contribution in [3.63, 3.8) is 0 Å². The topological polar surface area (TPSA) is 95.9 Å². The second-order valence-corrected chi connectivity index (χ2v) is 9.72. The number of aliphatic hydroxyl groups excluding tert-OH is 1. The third-order valence-corrected chi connectivity index (χ3v) is 7.73. The molecule has 168 valence electrons. The Morgan fingerprint density at radius 2 is 1.97 bits per heavy atom. The Balaban J connectivity index is 1.75. The maximum absolute atomic E-state index is 13.3. The zero-order chi connectivity index (χ0) is 22.6. The van der Waals surface area contributed by atoms with Crippen molar-refractivity contribution in [1.82, 2.24) is 4.31 Å². The molecule has 0 unspecified atom stereocenters. The van der Waals surface area contributed by atoms with Gasteiger partial charge in [0.2, 0.25) is 10.0 Å². The van der Waals surface area contributed by atoms with Gasteiger partial charge in [-0.1, -0.05) is 17.7 Å². The summed E-state index contributed by atoms with van der Waals surface area (Å²) in [7, 11) is -2.25. The number of nitrogens with one attached hydrogen (secondary N) is 1. The highest BCUT2D eigenvalue weighted by molar-refractivity contribution is 7.89. The van der Waals surface area contributed by atoms with Crippen LogP contribution in [0.25, 0.3) is 0 Å². The predicted molar refractivity (Wildman–Crippen MR) is 115 cm³/mol. The molecule has 0 atom stereocenters. The van der Waals surface area contributed by atoms with Crippen LogP contribution >= 0.6 is 11.6 Å². The minimum absolute atomic E-state index is 0.00404. The standard InChI is InChI=1S/C21H24ClFN2O5S/c1-30-21(9-12-26)7-10-25(11-8-21)31(28,29)17-4-2-3-15(13-17)20(27)24-16-5-6-19(23)18(22)14-16/h2-6,13-14,26H,7-12H2,1H3,(H,24,27). The lowest BCUT2D eigenvalue weighted by Crippen LogP contribution is -2.48. The second kappa shape index (κ2) is 9.62. The summed E-state index contributed by atoms with van der Waals surface area (Å²) in [5, 5.41) is 11.7. The van der Waals surface area contributed by atoms with Gasteiger partial charge in [0.05, 0.1) is 15.5 Å². The Morgan fingerprint density at radius 3 is 2.58 bits per heavy atom. The van der Waals surface area contributed by atoms with Gasteiger partial charge in [-0.3, -0.25) is 4.79 Å². The number of ether oxygens (including phenoxy) is 1. The fourth-order valence-electron chi connectivity index (χ4n) is 3.62. The number of hydrogen-bond acceptors (Lipinski definition) is 5. The Bertz CT molecular complexity index is 1060. The summed E-state index contributed by atoms with van der Waals surface area (Å²) in [6.07, 6.45) is 1.38. The summed E-state index contributed by atoms with van der Waals surface area (Å²) in [6, 6.07) is 9.50. The molecule has 1 aliphatic heterocycles. The van der Waals surface area contributed by atoms with Crippen molar-refractivity contribution in [1.29, 1.82) is 0 Å².